The normalized spacial score (nSPS) is 14.5. The van der Waals surface area contributed by atoms with Gasteiger partial charge in [0, 0.05) is 16.5 Å². The van der Waals surface area contributed by atoms with E-state index in [1.807, 2.05) is 11.8 Å². The van der Waals surface area contributed by atoms with Gasteiger partial charge in [0.15, 0.2) is 0 Å². The highest BCUT2D eigenvalue weighted by Gasteiger charge is 2.14. The van der Waals surface area contributed by atoms with Crippen molar-refractivity contribution in [2.75, 3.05) is 5.75 Å². The average Bonchev–Trinajstić information content (AvgIpc) is 2.50. The number of nitrogens with two attached hydrogens (primary N) is 1. The van der Waals surface area contributed by atoms with E-state index in [-0.39, 0.29) is 6.04 Å². The first-order valence-corrected chi connectivity index (χ1v) is 6.33. The van der Waals surface area contributed by atoms with Crippen LogP contribution in [0.3, 0.4) is 0 Å². The van der Waals surface area contributed by atoms with Crippen molar-refractivity contribution in [3.63, 3.8) is 0 Å². The van der Waals surface area contributed by atoms with Crippen molar-refractivity contribution in [1.29, 1.82) is 0 Å². The van der Waals surface area contributed by atoms with Crippen LogP contribution in [-0.4, -0.2) is 10.5 Å². The Hall–Kier alpha value is 0.01000. The van der Waals surface area contributed by atoms with Crippen LogP contribution in [0.15, 0.2) is 16.8 Å². The number of rotatable bonds is 3. The topological polar surface area (TPSA) is 26.0 Å². The number of thioether (sulfide) groups is 1. The van der Waals surface area contributed by atoms with Gasteiger partial charge in [-0.2, -0.15) is 23.1 Å². The van der Waals surface area contributed by atoms with Crippen molar-refractivity contribution in [3.05, 3.63) is 22.4 Å². The SMILES string of the molecule is CC(C)(C)SCC(N)c1ccsc1. The van der Waals surface area contributed by atoms with E-state index in [4.69, 9.17) is 5.73 Å². The molecule has 0 aromatic carbocycles. The Labute approximate surface area is 88.7 Å². The molecule has 1 heterocycles. The fraction of sp³-hybridized carbons (Fsp3) is 0.600. The van der Waals surface area contributed by atoms with Crippen molar-refractivity contribution < 1.29 is 0 Å². The van der Waals surface area contributed by atoms with Gasteiger partial charge in [0.2, 0.25) is 0 Å². The van der Waals surface area contributed by atoms with Gasteiger partial charge in [-0.05, 0) is 22.4 Å². The summed E-state index contributed by atoms with van der Waals surface area (Å²) in [6.45, 7) is 6.66. The van der Waals surface area contributed by atoms with E-state index < -0.39 is 0 Å². The van der Waals surface area contributed by atoms with E-state index >= 15 is 0 Å². The van der Waals surface area contributed by atoms with Gasteiger partial charge in [0.05, 0.1) is 0 Å². The Bertz CT molecular complexity index is 236. The minimum absolute atomic E-state index is 0.190. The first kappa shape index (κ1) is 11.1. The molecule has 1 atom stereocenters. The zero-order chi connectivity index (χ0) is 9.90. The van der Waals surface area contributed by atoms with Crippen LogP contribution in [0.2, 0.25) is 0 Å². The van der Waals surface area contributed by atoms with Crippen molar-refractivity contribution in [1.82, 2.24) is 0 Å². The van der Waals surface area contributed by atoms with E-state index in [0.717, 1.165) is 5.75 Å². The van der Waals surface area contributed by atoms with Gasteiger partial charge in [-0.15, -0.1) is 0 Å². The molecule has 0 saturated heterocycles. The molecule has 1 rings (SSSR count). The largest absolute Gasteiger partial charge is 0.323 e. The van der Waals surface area contributed by atoms with Crippen LogP contribution >= 0.6 is 23.1 Å². The van der Waals surface area contributed by atoms with Gasteiger partial charge < -0.3 is 5.73 Å². The van der Waals surface area contributed by atoms with E-state index in [9.17, 15) is 0 Å². The molecule has 0 spiro atoms. The van der Waals surface area contributed by atoms with E-state index in [1.165, 1.54) is 5.56 Å². The summed E-state index contributed by atoms with van der Waals surface area (Å²) < 4.78 is 0.313. The van der Waals surface area contributed by atoms with Crippen molar-refractivity contribution >= 4 is 23.1 Å². The smallest absolute Gasteiger partial charge is 0.0395 e. The van der Waals surface area contributed by atoms with Crippen LogP contribution in [0, 0.1) is 0 Å². The predicted molar refractivity (Wildman–Crippen MR) is 63.5 cm³/mol. The molecule has 0 fully saturated rings. The second-order valence-corrected chi connectivity index (χ2v) is 6.71. The minimum atomic E-state index is 0.190. The fourth-order valence-electron chi connectivity index (χ4n) is 0.922. The van der Waals surface area contributed by atoms with Crippen LogP contribution in [0.25, 0.3) is 0 Å². The zero-order valence-corrected chi connectivity index (χ0v) is 10.0. The summed E-state index contributed by atoms with van der Waals surface area (Å²) in [7, 11) is 0. The van der Waals surface area contributed by atoms with E-state index in [2.05, 4.69) is 37.6 Å². The summed E-state index contributed by atoms with van der Waals surface area (Å²) in [6, 6.07) is 2.30. The second-order valence-electron chi connectivity index (χ2n) is 4.09. The van der Waals surface area contributed by atoms with E-state index in [0.29, 0.717) is 4.75 Å². The third kappa shape index (κ3) is 4.16. The number of thiophene rings is 1. The molecule has 0 radical (unpaired) electrons. The minimum Gasteiger partial charge on any atom is -0.323 e. The van der Waals surface area contributed by atoms with Crippen molar-refractivity contribution in [3.8, 4) is 0 Å². The monoisotopic (exact) mass is 215 g/mol. The Morgan fingerprint density at radius 3 is 2.69 bits per heavy atom. The van der Waals surface area contributed by atoms with Crippen LogP contribution in [-0.2, 0) is 0 Å². The first-order chi connectivity index (χ1) is 5.99. The van der Waals surface area contributed by atoms with Gasteiger partial charge in [-0.3, -0.25) is 0 Å². The molecule has 2 N–H and O–H groups in total. The lowest BCUT2D eigenvalue weighted by molar-refractivity contribution is 0.780. The molecule has 1 unspecified atom stereocenters. The lowest BCUT2D eigenvalue weighted by atomic mass is 10.2. The molecule has 0 aliphatic heterocycles. The molecule has 0 amide bonds. The Balaban J connectivity index is 2.39. The summed E-state index contributed by atoms with van der Waals surface area (Å²) in [6.07, 6.45) is 0. The van der Waals surface area contributed by atoms with Crippen molar-refractivity contribution in [2.24, 2.45) is 5.73 Å². The maximum absolute atomic E-state index is 6.03. The molecule has 13 heavy (non-hydrogen) atoms. The third-order valence-electron chi connectivity index (χ3n) is 1.67. The van der Waals surface area contributed by atoms with Gasteiger partial charge in [-0.25, -0.2) is 0 Å². The molecule has 0 aliphatic carbocycles. The fourth-order valence-corrected chi connectivity index (χ4v) is 2.52. The molecule has 1 aromatic rings. The van der Waals surface area contributed by atoms with Crippen LogP contribution in [0.5, 0.6) is 0 Å². The molecule has 0 saturated carbocycles. The third-order valence-corrected chi connectivity index (χ3v) is 3.76. The maximum atomic E-state index is 6.03. The molecule has 1 aromatic heterocycles. The van der Waals surface area contributed by atoms with Crippen LogP contribution < -0.4 is 5.73 Å². The van der Waals surface area contributed by atoms with Gasteiger partial charge in [0.1, 0.15) is 0 Å². The number of hydrogen-bond donors (Lipinski definition) is 1. The lowest BCUT2D eigenvalue weighted by Crippen LogP contribution is -2.17. The summed E-state index contributed by atoms with van der Waals surface area (Å²) in [5.74, 6) is 1.00. The maximum Gasteiger partial charge on any atom is 0.0395 e. The first-order valence-electron chi connectivity index (χ1n) is 4.41. The molecule has 0 aliphatic rings. The highest BCUT2D eigenvalue weighted by Crippen LogP contribution is 2.27. The summed E-state index contributed by atoms with van der Waals surface area (Å²) >= 11 is 3.63. The number of hydrogen-bond acceptors (Lipinski definition) is 3. The Morgan fingerprint density at radius 1 is 1.54 bits per heavy atom. The highest BCUT2D eigenvalue weighted by atomic mass is 32.2. The summed E-state index contributed by atoms with van der Waals surface area (Å²) in [4.78, 5) is 0. The lowest BCUT2D eigenvalue weighted by Gasteiger charge is -2.20. The Kier molecular flexibility index (Phi) is 3.83. The van der Waals surface area contributed by atoms with Crippen LogP contribution in [0.1, 0.15) is 32.4 Å². The summed E-state index contributed by atoms with van der Waals surface area (Å²) in [5, 5.41) is 4.21. The summed E-state index contributed by atoms with van der Waals surface area (Å²) in [5.41, 5.74) is 7.30. The standard InChI is InChI=1S/C10H17NS2/c1-10(2,3)13-7-9(11)8-4-5-12-6-8/h4-6,9H,7,11H2,1-3H3. The molecular weight excluding hydrogens is 198 g/mol. The highest BCUT2D eigenvalue weighted by molar-refractivity contribution is 8.00. The quantitative estimate of drug-likeness (QED) is 0.837. The molecule has 3 heteroatoms. The molecule has 1 nitrogen and oxygen atoms in total. The van der Waals surface area contributed by atoms with Crippen molar-refractivity contribution in [2.45, 2.75) is 31.6 Å². The molecular formula is C10H17NS2. The van der Waals surface area contributed by atoms with E-state index in [1.54, 1.807) is 11.3 Å². The van der Waals surface area contributed by atoms with Crippen LogP contribution in [0.4, 0.5) is 0 Å². The second kappa shape index (κ2) is 4.49. The van der Waals surface area contributed by atoms with Gasteiger partial charge in [-0.1, -0.05) is 20.8 Å². The molecule has 74 valence electrons. The Morgan fingerprint density at radius 2 is 2.23 bits per heavy atom. The zero-order valence-electron chi connectivity index (χ0n) is 8.41. The average molecular weight is 215 g/mol. The van der Waals surface area contributed by atoms with Gasteiger partial charge in [0.25, 0.3) is 0 Å². The van der Waals surface area contributed by atoms with Gasteiger partial charge >= 0.3 is 0 Å². The molecule has 0 bridgehead atoms. The predicted octanol–water partition coefficient (Wildman–Crippen LogP) is 3.28.